The third kappa shape index (κ3) is 2.27. The van der Waals surface area contributed by atoms with Gasteiger partial charge in [0.15, 0.2) is 0 Å². The van der Waals surface area contributed by atoms with E-state index in [1.165, 1.54) is 0 Å². The summed E-state index contributed by atoms with van der Waals surface area (Å²) in [4.78, 5) is 2.22. The Morgan fingerprint density at radius 1 is 1.73 bits per heavy atom. The molecule has 2 atom stereocenters. The van der Waals surface area contributed by atoms with Gasteiger partial charge in [-0.2, -0.15) is 0 Å². The third-order valence-corrected chi connectivity index (χ3v) is 4.55. The molecule has 4 heteroatoms. The zero-order valence-corrected chi connectivity index (χ0v) is 9.44. The zero-order valence-electron chi connectivity index (χ0n) is 7.28. The van der Waals surface area contributed by atoms with Crippen LogP contribution >= 0.6 is 0 Å². The molecule has 3 nitrogen and oxygen atoms in total. The van der Waals surface area contributed by atoms with Gasteiger partial charge in [0.2, 0.25) is 0 Å². The van der Waals surface area contributed by atoms with Gasteiger partial charge in [-0.1, -0.05) is 0 Å². The Morgan fingerprint density at radius 3 is 2.82 bits per heavy atom. The molecule has 1 fully saturated rings. The van der Waals surface area contributed by atoms with E-state index in [1.807, 2.05) is 7.05 Å². The molecule has 0 saturated carbocycles. The normalized spacial score (nSPS) is 39.4. The van der Waals surface area contributed by atoms with Crippen LogP contribution in [0.3, 0.4) is 0 Å². The fraction of sp³-hybridized carbons (Fsp3) is 1.00. The molecule has 0 spiro atoms. The van der Waals surface area contributed by atoms with Gasteiger partial charge in [-0.15, -0.1) is 0 Å². The van der Waals surface area contributed by atoms with E-state index in [1.54, 1.807) is 0 Å². The minimum atomic E-state index is -0.156. The van der Waals surface area contributed by atoms with Crippen LogP contribution in [-0.4, -0.2) is 28.5 Å². The van der Waals surface area contributed by atoms with Crippen molar-refractivity contribution in [1.29, 1.82) is 0 Å². The van der Waals surface area contributed by atoms with Crippen LogP contribution in [0.1, 0.15) is 13.3 Å². The van der Waals surface area contributed by atoms with Crippen LogP contribution in [0.25, 0.3) is 0 Å². The van der Waals surface area contributed by atoms with Crippen LogP contribution < -0.4 is 31.8 Å². The number of alkyl halides is 2. The number of halogens is 1. The molecule has 1 aliphatic rings. The van der Waals surface area contributed by atoms with Crippen molar-refractivity contribution in [1.82, 2.24) is 10.6 Å². The molecule has 2 N–H and O–H groups in total. The van der Waals surface area contributed by atoms with Gasteiger partial charge in [-0.25, -0.2) is 0 Å². The number of ether oxygens (including phenoxy) is 1. The average Bonchev–Trinajstić information content (AvgIpc) is 2.04. The predicted molar refractivity (Wildman–Crippen MR) is 40.9 cm³/mol. The number of nitrogens with one attached hydrogen (secondary N) is 2. The molecule has 1 heterocycles. The van der Waals surface area contributed by atoms with Gasteiger partial charge < -0.3 is 0 Å². The van der Waals surface area contributed by atoms with Crippen molar-refractivity contribution >= 4 is 0 Å². The molecule has 0 radical (unpaired) electrons. The topological polar surface area (TPSA) is 33.3 Å². The second-order valence-corrected chi connectivity index (χ2v) is 5.31. The number of hydrogen-bond acceptors (Lipinski definition) is 3. The summed E-state index contributed by atoms with van der Waals surface area (Å²) in [7, 11) is 1.95. The SMILES string of the molecule is CN[C@@]1([I-]C)N[C@@H](C)CCO1. The third-order valence-electron chi connectivity index (χ3n) is 1.87. The molecule has 0 aliphatic carbocycles. The number of hydrogen-bond donors (Lipinski definition) is 2. The summed E-state index contributed by atoms with van der Waals surface area (Å²) < 4.78 is 5.50. The summed E-state index contributed by atoms with van der Waals surface area (Å²) in [6, 6.07) is 0.579. The van der Waals surface area contributed by atoms with Crippen molar-refractivity contribution in [2.24, 2.45) is 0 Å². The summed E-state index contributed by atoms with van der Waals surface area (Å²) in [5.74, 6) is 0. The monoisotopic (exact) mass is 271 g/mol. The Morgan fingerprint density at radius 2 is 2.45 bits per heavy atom. The molecule has 0 amide bonds. The van der Waals surface area contributed by atoms with Crippen LogP contribution in [0.4, 0.5) is 0 Å². The Kier molecular flexibility index (Phi) is 3.54. The predicted octanol–water partition coefficient (Wildman–Crippen LogP) is -3.07. The summed E-state index contributed by atoms with van der Waals surface area (Å²) in [5.41, 5.74) is 0. The first-order valence-corrected chi connectivity index (χ1v) is 7.07. The quantitative estimate of drug-likeness (QED) is 0.318. The Hall–Kier alpha value is 0.610. The van der Waals surface area contributed by atoms with Gasteiger partial charge in [-0.05, 0) is 0 Å². The van der Waals surface area contributed by atoms with Crippen molar-refractivity contribution in [2.45, 2.75) is 23.2 Å². The summed E-state index contributed by atoms with van der Waals surface area (Å²) >= 11 is 0.0279. The standard InChI is InChI=1S/C7H16IN2O/c1-6-4-5-11-7(8-2,9-3)10-6/h6,9-10H,4-5H2,1-3H3/q-1/t6-,7-/m0/s1. The van der Waals surface area contributed by atoms with E-state index in [9.17, 15) is 0 Å². The van der Waals surface area contributed by atoms with Gasteiger partial charge in [0.1, 0.15) is 0 Å². The van der Waals surface area contributed by atoms with Gasteiger partial charge in [0.05, 0.1) is 0 Å². The van der Waals surface area contributed by atoms with Crippen LogP contribution in [0.5, 0.6) is 0 Å². The molecule has 0 aromatic heterocycles. The maximum absolute atomic E-state index is 5.66. The van der Waals surface area contributed by atoms with Crippen molar-refractivity contribution in [2.75, 3.05) is 18.6 Å². The molecule has 1 saturated heterocycles. The van der Waals surface area contributed by atoms with Crippen LogP contribution in [0.2, 0.25) is 0 Å². The molecular weight excluding hydrogens is 255 g/mol. The molecule has 0 bridgehead atoms. The first-order chi connectivity index (χ1) is 5.22. The minimum absolute atomic E-state index is 0.0279. The summed E-state index contributed by atoms with van der Waals surface area (Å²) in [6.07, 6.45) is 1.12. The second kappa shape index (κ2) is 4.02. The van der Waals surface area contributed by atoms with Crippen molar-refractivity contribution in [3.63, 3.8) is 0 Å². The Balaban J connectivity index is 2.52. The van der Waals surface area contributed by atoms with Gasteiger partial charge in [0, 0.05) is 0 Å². The van der Waals surface area contributed by atoms with E-state index in [4.69, 9.17) is 4.74 Å². The summed E-state index contributed by atoms with van der Waals surface area (Å²) in [5, 5.41) is 6.66. The van der Waals surface area contributed by atoms with E-state index in [2.05, 4.69) is 22.5 Å². The first-order valence-electron chi connectivity index (χ1n) is 3.83. The van der Waals surface area contributed by atoms with E-state index < -0.39 is 0 Å². The van der Waals surface area contributed by atoms with E-state index in [-0.39, 0.29) is 25.1 Å². The van der Waals surface area contributed by atoms with Crippen LogP contribution in [0.15, 0.2) is 0 Å². The second-order valence-electron chi connectivity index (χ2n) is 2.72. The number of rotatable bonds is 2. The van der Waals surface area contributed by atoms with E-state index in [0.717, 1.165) is 13.0 Å². The maximum atomic E-state index is 5.66. The molecule has 68 valence electrons. The molecule has 11 heavy (non-hydrogen) atoms. The fourth-order valence-electron chi connectivity index (χ4n) is 1.16. The fourth-order valence-corrected chi connectivity index (χ4v) is 3.07. The Labute approximate surface area is 78.5 Å². The van der Waals surface area contributed by atoms with Crippen LogP contribution in [0, 0.1) is 0 Å². The van der Waals surface area contributed by atoms with Gasteiger partial charge >= 0.3 is 78.4 Å². The molecule has 0 unspecified atom stereocenters. The van der Waals surface area contributed by atoms with Gasteiger partial charge in [0.25, 0.3) is 0 Å². The summed E-state index contributed by atoms with van der Waals surface area (Å²) in [6.45, 7) is 3.08. The Bertz CT molecular complexity index is 128. The average molecular weight is 271 g/mol. The van der Waals surface area contributed by atoms with Crippen LogP contribution in [-0.2, 0) is 4.74 Å². The molecule has 0 aromatic carbocycles. The van der Waals surface area contributed by atoms with Gasteiger partial charge in [-0.3, -0.25) is 0 Å². The molecule has 1 rings (SSSR count). The van der Waals surface area contributed by atoms with E-state index in [0.29, 0.717) is 6.04 Å². The molecule has 0 aromatic rings. The van der Waals surface area contributed by atoms with E-state index >= 15 is 0 Å². The first kappa shape index (κ1) is 9.70. The zero-order chi connectivity index (χ0) is 8.32. The van der Waals surface area contributed by atoms with Crippen molar-refractivity contribution < 1.29 is 25.9 Å². The van der Waals surface area contributed by atoms with Crippen molar-refractivity contribution in [3.05, 3.63) is 0 Å². The van der Waals surface area contributed by atoms with Crippen molar-refractivity contribution in [3.8, 4) is 0 Å². The molecular formula is C7H16IN2O-. The molecule has 1 aliphatic heterocycles.